The Labute approximate surface area is 142 Å². The number of halogens is 1. The third kappa shape index (κ3) is 7.28. The normalized spacial score (nSPS) is 12.0. The Morgan fingerprint density at radius 1 is 1.59 bits per heavy atom. The Bertz CT molecular complexity index is 519. The second-order valence-electron chi connectivity index (χ2n) is 4.86. The molecule has 0 unspecified atom stereocenters. The molecule has 22 heavy (non-hydrogen) atoms. The lowest BCUT2D eigenvalue weighted by Crippen LogP contribution is -2.31. The largest absolute Gasteiger partial charge is 0.463 e. The highest BCUT2D eigenvalue weighted by molar-refractivity contribution is 9.10. The summed E-state index contributed by atoms with van der Waals surface area (Å²) in [5, 5.41) is 13.4. The van der Waals surface area contributed by atoms with Gasteiger partial charge in [-0.3, -0.25) is 15.1 Å². The number of amidine groups is 1. The summed E-state index contributed by atoms with van der Waals surface area (Å²) < 4.78 is 6.77. The number of aliphatic imine (C=N–C) groups is 1. The smallest absolute Gasteiger partial charge is 0.259 e. The van der Waals surface area contributed by atoms with Gasteiger partial charge in [0, 0.05) is 24.3 Å². The van der Waals surface area contributed by atoms with Gasteiger partial charge in [0.1, 0.15) is 11.5 Å². The molecular formula is C13H21BrN4O3S. The number of furan rings is 1. The van der Waals surface area contributed by atoms with Crippen molar-refractivity contribution >= 4 is 33.5 Å². The highest BCUT2D eigenvalue weighted by atomic mass is 79.9. The molecule has 1 aromatic rings. The molecule has 0 aliphatic heterocycles. The Balaban J connectivity index is 2.29. The summed E-state index contributed by atoms with van der Waals surface area (Å²) >= 11 is 5.20. The molecule has 0 saturated heterocycles. The van der Waals surface area contributed by atoms with Gasteiger partial charge in [-0.15, -0.1) is 0 Å². The molecule has 1 aromatic heterocycles. The van der Waals surface area contributed by atoms with E-state index in [1.54, 1.807) is 18.8 Å². The topological polar surface area (TPSA) is 83.9 Å². The number of hydrogen-bond acceptors (Lipinski definition) is 6. The standard InChI is InChI=1S/C13H21BrN4O3S/c1-15-13(8-18(19)20)16-4-5-22-9-10-6-11(14)12(21-10)7-17(2)3/h6H,4-5,7-9H2,1-3H3,(H,15,16). The van der Waals surface area contributed by atoms with Crippen molar-refractivity contribution < 1.29 is 9.34 Å². The molecule has 0 aromatic carbocycles. The van der Waals surface area contributed by atoms with Crippen molar-refractivity contribution in [2.75, 3.05) is 40.0 Å². The van der Waals surface area contributed by atoms with Crippen molar-refractivity contribution in [3.8, 4) is 0 Å². The molecule has 9 heteroatoms. The zero-order chi connectivity index (χ0) is 16.5. The second kappa shape index (κ2) is 9.86. The van der Waals surface area contributed by atoms with Crippen LogP contribution in [0.3, 0.4) is 0 Å². The molecule has 1 rings (SSSR count). The van der Waals surface area contributed by atoms with Gasteiger partial charge >= 0.3 is 0 Å². The lowest BCUT2D eigenvalue weighted by Gasteiger charge is -2.07. The van der Waals surface area contributed by atoms with Crippen LogP contribution in [0.1, 0.15) is 11.5 Å². The molecule has 0 saturated carbocycles. The molecule has 0 radical (unpaired) electrons. The van der Waals surface area contributed by atoms with Crippen LogP contribution in [0.2, 0.25) is 0 Å². The predicted octanol–water partition coefficient (Wildman–Crippen LogP) is 2.23. The Kier molecular flexibility index (Phi) is 8.51. The molecule has 1 heterocycles. The zero-order valence-corrected chi connectivity index (χ0v) is 15.4. The molecule has 0 aliphatic rings. The summed E-state index contributed by atoms with van der Waals surface area (Å²) in [6, 6.07) is 1.99. The maximum atomic E-state index is 10.4. The second-order valence-corrected chi connectivity index (χ2v) is 6.82. The average molecular weight is 393 g/mol. The van der Waals surface area contributed by atoms with Crippen molar-refractivity contribution in [2.45, 2.75) is 12.3 Å². The van der Waals surface area contributed by atoms with Gasteiger partial charge in [-0.2, -0.15) is 11.8 Å². The fourth-order valence-corrected chi connectivity index (χ4v) is 2.89. The molecule has 0 bridgehead atoms. The van der Waals surface area contributed by atoms with E-state index in [1.165, 1.54) is 0 Å². The quantitative estimate of drug-likeness (QED) is 0.228. The first kappa shape index (κ1) is 19.0. The van der Waals surface area contributed by atoms with Crippen LogP contribution in [-0.2, 0) is 12.3 Å². The molecule has 0 atom stereocenters. The van der Waals surface area contributed by atoms with Gasteiger partial charge in [-0.25, -0.2) is 0 Å². The van der Waals surface area contributed by atoms with Gasteiger partial charge < -0.3 is 14.6 Å². The van der Waals surface area contributed by atoms with E-state index in [0.717, 1.165) is 34.0 Å². The summed E-state index contributed by atoms with van der Waals surface area (Å²) in [5.74, 6) is 3.83. The van der Waals surface area contributed by atoms with Gasteiger partial charge in [0.2, 0.25) is 0 Å². The predicted molar refractivity (Wildman–Crippen MR) is 93.2 cm³/mol. The summed E-state index contributed by atoms with van der Waals surface area (Å²) in [7, 11) is 5.53. The minimum Gasteiger partial charge on any atom is -0.463 e. The summed E-state index contributed by atoms with van der Waals surface area (Å²) in [5.41, 5.74) is 0. The molecule has 0 spiro atoms. The van der Waals surface area contributed by atoms with Crippen LogP contribution in [0.25, 0.3) is 0 Å². The Morgan fingerprint density at radius 2 is 2.32 bits per heavy atom. The molecular weight excluding hydrogens is 372 g/mol. The SMILES string of the molecule is CN=C(C[N+](=O)[O-])NCCSCc1cc(Br)c(CN(C)C)o1. The number of hydrogen-bond donors (Lipinski definition) is 1. The number of nitro groups is 1. The fraction of sp³-hybridized carbons (Fsp3) is 0.615. The van der Waals surface area contributed by atoms with E-state index in [-0.39, 0.29) is 6.54 Å². The fourth-order valence-electron chi connectivity index (χ4n) is 1.69. The molecule has 124 valence electrons. The van der Waals surface area contributed by atoms with Crippen LogP contribution in [0.5, 0.6) is 0 Å². The first-order valence-corrected chi connectivity index (χ1v) is 8.68. The van der Waals surface area contributed by atoms with Crippen LogP contribution in [0.15, 0.2) is 19.9 Å². The zero-order valence-electron chi connectivity index (χ0n) is 13.0. The minimum atomic E-state index is -0.394. The van der Waals surface area contributed by atoms with Crippen LogP contribution in [0.4, 0.5) is 0 Å². The maximum absolute atomic E-state index is 10.4. The van der Waals surface area contributed by atoms with Gasteiger partial charge in [-0.1, -0.05) is 0 Å². The van der Waals surface area contributed by atoms with Crippen molar-refractivity contribution in [3.05, 3.63) is 32.2 Å². The van der Waals surface area contributed by atoms with Crippen molar-refractivity contribution in [2.24, 2.45) is 4.99 Å². The summed E-state index contributed by atoms with van der Waals surface area (Å²) in [6.45, 7) is 1.13. The van der Waals surface area contributed by atoms with Crippen LogP contribution < -0.4 is 5.32 Å². The minimum absolute atomic E-state index is 0.264. The lowest BCUT2D eigenvalue weighted by atomic mass is 10.4. The van der Waals surface area contributed by atoms with Crippen molar-refractivity contribution in [1.29, 1.82) is 0 Å². The number of thioether (sulfide) groups is 1. The molecule has 0 fully saturated rings. The van der Waals surface area contributed by atoms with E-state index in [0.29, 0.717) is 12.4 Å². The summed E-state index contributed by atoms with van der Waals surface area (Å²) in [6.07, 6.45) is 0. The average Bonchev–Trinajstić information content (AvgIpc) is 2.76. The van der Waals surface area contributed by atoms with Crippen LogP contribution in [-0.4, -0.2) is 55.6 Å². The van der Waals surface area contributed by atoms with Gasteiger partial charge in [0.05, 0.1) is 16.8 Å². The highest BCUT2D eigenvalue weighted by Gasteiger charge is 2.10. The molecule has 7 nitrogen and oxygen atoms in total. The van der Waals surface area contributed by atoms with E-state index in [9.17, 15) is 10.1 Å². The monoisotopic (exact) mass is 392 g/mol. The van der Waals surface area contributed by atoms with Crippen LogP contribution >= 0.6 is 27.7 Å². The van der Waals surface area contributed by atoms with Crippen LogP contribution in [0, 0.1) is 10.1 Å². The van der Waals surface area contributed by atoms with Crippen molar-refractivity contribution in [3.63, 3.8) is 0 Å². The lowest BCUT2D eigenvalue weighted by molar-refractivity contribution is -0.463. The highest BCUT2D eigenvalue weighted by Crippen LogP contribution is 2.25. The third-order valence-electron chi connectivity index (χ3n) is 2.64. The number of nitrogens with zero attached hydrogens (tertiary/aromatic N) is 3. The van der Waals surface area contributed by atoms with Gasteiger partial charge in [-0.05, 0) is 36.1 Å². The van der Waals surface area contributed by atoms with Crippen molar-refractivity contribution in [1.82, 2.24) is 10.2 Å². The number of nitrogens with one attached hydrogen (secondary N) is 1. The first-order chi connectivity index (χ1) is 10.4. The molecule has 0 aliphatic carbocycles. The van der Waals surface area contributed by atoms with E-state index in [2.05, 4.69) is 26.2 Å². The molecule has 0 amide bonds. The van der Waals surface area contributed by atoms with E-state index < -0.39 is 4.92 Å². The van der Waals surface area contributed by atoms with E-state index in [4.69, 9.17) is 4.42 Å². The van der Waals surface area contributed by atoms with E-state index >= 15 is 0 Å². The first-order valence-electron chi connectivity index (χ1n) is 6.73. The maximum Gasteiger partial charge on any atom is 0.259 e. The van der Waals surface area contributed by atoms with Gasteiger partial charge in [0.15, 0.2) is 5.84 Å². The van der Waals surface area contributed by atoms with E-state index in [1.807, 2.05) is 25.1 Å². The van der Waals surface area contributed by atoms with Gasteiger partial charge in [0.25, 0.3) is 6.54 Å². The number of rotatable bonds is 9. The molecule has 1 N–H and O–H groups in total. The summed E-state index contributed by atoms with van der Waals surface area (Å²) in [4.78, 5) is 15.9. The third-order valence-corrected chi connectivity index (χ3v) is 4.29. The Hall–Kier alpha value is -1.06. The Morgan fingerprint density at radius 3 is 2.91 bits per heavy atom.